The van der Waals surface area contributed by atoms with Gasteiger partial charge < -0.3 is 0 Å². The van der Waals surface area contributed by atoms with E-state index in [1.165, 1.54) is 211 Å². The van der Waals surface area contributed by atoms with Gasteiger partial charge in [-0.1, -0.05) is 206 Å². The van der Waals surface area contributed by atoms with Crippen molar-refractivity contribution in [1.82, 2.24) is 0 Å². The Kier molecular flexibility index (Phi) is 19.7. The van der Waals surface area contributed by atoms with Gasteiger partial charge in [0.05, 0.1) is 8.07 Å². The van der Waals surface area contributed by atoms with E-state index in [2.05, 4.69) is 76.0 Å². The predicted molar refractivity (Wildman–Crippen MR) is 239 cm³/mol. The summed E-state index contributed by atoms with van der Waals surface area (Å²) in [5.41, 5.74) is 3.31. The maximum absolute atomic E-state index is 2.57. The second kappa shape index (κ2) is 23.9. The number of hydrogen-bond donors (Lipinski definition) is 0. The van der Waals surface area contributed by atoms with Gasteiger partial charge in [-0.15, -0.1) is 11.3 Å². The van der Waals surface area contributed by atoms with Crippen LogP contribution in [0.3, 0.4) is 0 Å². The van der Waals surface area contributed by atoms with E-state index in [-0.39, 0.29) is 0 Å². The maximum atomic E-state index is 2.57. The zero-order valence-electron chi connectivity index (χ0n) is 34.2. The molecule has 0 spiro atoms. The zero-order chi connectivity index (χ0) is 36.2. The molecule has 3 aromatic carbocycles. The highest BCUT2D eigenvalue weighted by molar-refractivity contribution is 7.31. The normalized spacial score (nSPS) is 12.3. The van der Waals surface area contributed by atoms with Gasteiger partial charge in [0.1, 0.15) is 0 Å². The molecule has 0 saturated carbocycles. The molecule has 0 fully saturated rings. The molecule has 0 N–H and O–H groups in total. The van der Waals surface area contributed by atoms with Crippen LogP contribution in [-0.2, 0) is 12.8 Å². The summed E-state index contributed by atoms with van der Waals surface area (Å²) in [4.78, 5) is 0. The Hall–Kier alpha value is -1.64. The number of hydrogen-bond acceptors (Lipinski definition) is 1. The van der Waals surface area contributed by atoms with Crippen molar-refractivity contribution in [3.63, 3.8) is 0 Å². The third kappa shape index (κ3) is 14.6. The number of aryl methyl sites for hydroxylation is 2. The highest BCUT2D eigenvalue weighted by Crippen LogP contribution is 2.35. The third-order valence-electron chi connectivity index (χ3n) is 11.7. The lowest BCUT2D eigenvalue weighted by Gasteiger charge is -2.15. The molecule has 1 heterocycles. The summed E-state index contributed by atoms with van der Waals surface area (Å²) in [5, 5.41) is 7.35. The lowest BCUT2D eigenvalue weighted by Crippen LogP contribution is -2.34. The molecule has 0 aliphatic heterocycles. The molecule has 4 rings (SSSR count). The molecule has 2 heteroatoms. The van der Waals surface area contributed by atoms with Gasteiger partial charge in [0, 0.05) is 10.1 Å². The summed E-state index contributed by atoms with van der Waals surface area (Å²) in [6, 6.07) is 17.4. The zero-order valence-corrected chi connectivity index (χ0v) is 36.1. The molecule has 4 aromatic rings. The molecule has 0 atom stereocenters. The van der Waals surface area contributed by atoms with Crippen LogP contribution in [0.15, 0.2) is 42.5 Å². The Morgan fingerprint density at radius 2 is 0.824 bits per heavy atom. The topological polar surface area (TPSA) is 0 Å². The van der Waals surface area contributed by atoms with E-state index in [0.29, 0.717) is 0 Å². The van der Waals surface area contributed by atoms with Crippen LogP contribution in [0.2, 0.25) is 19.6 Å². The van der Waals surface area contributed by atoms with Crippen molar-refractivity contribution in [3.05, 3.63) is 53.6 Å². The fourth-order valence-electron chi connectivity index (χ4n) is 8.32. The number of rotatable bonds is 29. The molecule has 0 amide bonds. The van der Waals surface area contributed by atoms with Gasteiger partial charge in [0.25, 0.3) is 0 Å². The van der Waals surface area contributed by atoms with Crippen LogP contribution >= 0.6 is 11.3 Å². The predicted octanol–water partition coefficient (Wildman–Crippen LogP) is 17.0. The van der Waals surface area contributed by atoms with Gasteiger partial charge in [-0.25, -0.2) is 0 Å². The monoisotopic (exact) mass is 727 g/mol. The smallest absolute Gasteiger partial charge is 0.0904 e. The first-order valence-corrected chi connectivity index (χ1v) is 26.6. The van der Waals surface area contributed by atoms with Crippen LogP contribution in [0.1, 0.15) is 192 Å². The molecule has 51 heavy (non-hydrogen) atoms. The number of benzene rings is 3. The summed E-state index contributed by atoms with van der Waals surface area (Å²) in [6.07, 6.45) is 39.5. The Morgan fingerprint density at radius 3 is 1.31 bits per heavy atom. The molecule has 0 radical (unpaired) electrons. The summed E-state index contributed by atoms with van der Waals surface area (Å²) in [6.45, 7) is 12.1. The summed E-state index contributed by atoms with van der Waals surface area (Å²) < 4.78 is 3.09. The minimum atomic E-state index is -1.33. The SMILES string of the molecule is CCCCCCCCCCCCCCCc1ccc2cc3c(ccc4sc([Si](C)(C)C)cc43)cc2c1CCCCCCCCCCCCCCC. The quantitative estimate of drug-likeness (QED) is 0.0297. The van der Waals surface area contributed by atoms with Crippen LogP contribution in [0, 0.1) is 0 Å². The number of unbranched alkanes of at least 4 members (excludes halogenated alkanes) is 24. The van der Waals surface area contributed by atoms with E-state index < -0.39 is 8.07 Å². The first kappa shape index (κ1) is 42.1. The lowest BCUT2D eigenvalue weighted by atomic mass is 9.90. The highest BCUT2D eigenvalue weighted by atomic mass is 32.1. The van der Waals surface area contributed by atoms with Crippen molar-refractivity contribution in [2.45, 2.75) is 213 Å². The summed E-state index contributed by atoms with van der Waals surface area (Å²) in [7, 11) is -1.33. The van der Waals surface area contributed by atoms with Gasteiger partial charge in [0.15, 0.2) is 0 Å². The Bertz CT molecular complexity index is 1520. The largest absolute Gasteiger partial charge is 0.145 e. The van der Waals surface area contributed by atoms with Gasteiger partial charge in [0.2, 0.25) is 0 Å². The average Bonchev–Trinajstić information content (AvgIpc) is 3.58. The minimum Gasteiger partial charge on any atom is -0.145 e. The van der Waals surface area contributed by atoms with Crippen molar-refractivity contribution in [3.8, 4) is 0 Å². The standard InChI is InChI=1S/C49H78SSi/c1-6-8-10-12-14-16-18-20-22-24-26-28-30-32-41-34-35-42-39-46-43(36-37-48-47(46)40-49(50-48)51(3,4)5)38-45(42)44(41)33-31-29-27-25-23-21-19-17-15-13-11-9-7-2/h34-40H,6-33H2,1-5H3. The fraction of sp³-hybridized carbons (Fsp3) is 0.673. The van der Waals surface area contributed by atoms with Crippen molar-refractivity contribution in [1.29, 1.82) is 0 Å². The molecule has 0 bridgehead atoms. The van der Waals surface area contributed by atoms with Crippen LogP contribution in [0.4, 0.5) is 0 Å². The Labute approximate surface area is 321 Å². The van der Waals surface area contributed by atoms with Gasteiger partial charge in [-0.2, -0.15) is 0 Å². The first-order valence-electron chi connectivity index (χ1n) is 22.3. The average molecular weight is 727 g/mol. The molecule has 0 nitrogen and oxygen atoms in total. The molecule has 1 aromatic heterocycles. The number of fused-ring (bicyclic) bond motifs is 4. The van der Waals surface area contributed by atoms with E-state index in [0.717, 1.165) is 0 Å². The summed E-state index contributed by atoms with van der Waals surface area (Å²) in [5.74, 6) is 0. The Balaban J connectivity index is 1.32. The molecule has 0 saturated heterocycles. The van der Waals surface area contributed by atoms with Crippen LogP contribution in [0.25, 0.3) is 31.6 Å². The van der Waals surface area contributed by atoms with Crippen LogP contribution in [0.5, 0.6) is 0 Å². The van der Waals surface area contributed by atoms with Crippen molar-refractivity contribution in [2.75, 3.05) is 0 Å². The summed E-state index contributed by atoms with van der Waals surface area (Å²) >= 11 is 2.04. The van der Waals surface area contributed by atoms with Crippen molar-refractivity contribution >= 4 is 55.5 Å². The van der Waals surface area contributed by atoms with E-state index in [4.69, 9.17) is 0 Å². The van der Waals surface area contributed by atoms with Crippen molar-refractivity contribution in [2.24, 2.45) is 0 Å². The first-order chi connectivity index (χ1) is 24.9. The van der Waals surface area contributed by atoms with Crippen LogP contribution in [-0.4, -0.2) is 8.07 Å². The van der Waals surface area contributed by atoms with E-state index >= 15 is 0 Å². The molecule has 0 unspecified atom stereocenters. The van der Waals surface area contributed by atoms with E-state index in [1.807, 2.05) is 11.3 Å². The molecule has 0 aliphatic carbocycles. The second-order valence-corrected chi connectivity index (χ2v) is 23.8. The van der Waals surface area contributed by atoms with Gasteiger partial charge in [-0.3, -0.25) is 0 Å². The maximum Gasteiger partial charge on any atom is 0.0904 e. The third-order valence-corrected chi connectivity index (χ3v) is 16.4. The highest BCUT2D eigenvalue weighted by Gasteiger charge is 2.20. The molecule has 284 valence electrons. The minimum absolute atomic E-state index is 1.24. The Morgan fingerprint density at radius 1 is 0.412 bits per heavy atom. The van der Waals surface area contributed by atoms with Crippen molar-refractivity contribution < 1.29 is 0 Å². The van der Waals surface area contributed by atoms with E-state index in [1.54, 1.807) is 15.6 Å². The van der Waals surface area contributed by atoms with Gasteiger partial charge in [-0.05, 0) is 87.1 Å². The fourth-order valence-corrected chi connectivity index (χ4v) is 11.3. The molecular formula is C49H78SSi. The molecule has 0 aliphatic rings. The molecular weight excluding hydrogens is 649 g/mol. The number of thiophene rings is 1. The van der Waals surface area contributed by atoms with Crippen LogP contribution < -0.4 is 4.50 Å². The van der Waals surface area contributed by atoms with E-state index in [9.17, 15) is 0 Å². The second-order valence-electron chi connectivity index (χ2n) is 17.3. The van der Waals surface area contributed by atoms with Gasteiger partial charge >= 0.3 is 0 Å². The lowest BCUT2D eigenvalue weighted by molar-refractivity contribution is 0.538.